The van der Waals surface area contributed by atoms with Crippen LogP contribution in [0.2, 0.25) is 0 Å². The lowest BCUT2D eigenvalue weighted by Gasteiger charge is -2.67. The van der Waals surface area contributed by atoms with Gasteiger partial charge in [-0.3, -0.25) is 24.0 Å². The summed E-state index contributed by atoms with van der Waals surface area (Å²) in [6.45, 7) is 10.3. The minimum atomic E-state index is -2.39. The highest BCUT2D eigenvalue weighted by molar-refractivity contribution is 5.96. The molecular weight excluding hydrogens is 1150 g/mol. The van der Waals surface area contributed by atoms with E-state index in [0.29, 0.717) is 12.0 Å². The number of carboxylic acid groups (broad SMARTS) is 1. The van der Waals surface area contributed by atoms with Crippen LogP contribution in [-0.4, -0.2) is 116 Å². The van der Waals surface area contributed by atoms with E-state index in [1.54, 1.807) is 92.7 Å². The van der Waals surface area contributed by atoms with Crippen molar-refractivity contribution in [2.45, 2.75) is 269 Å². The Labute approximate surface area is 533 Å². The van der Waals surface area contributed by atoms with Crippen LogP contribution >= 0.6 is 0 Å². The molecule has 1 aliphatic heterocycles. The number of Topliss-reactive ketones (excluding diaryl/α,β-unsaturated/α-hetero) is 1. The summed E-state index contributed by atoms with van der Waals surface area (Å²) in [5, 5.41) is 48.8. The molecule has 3 fully saturated rings. The van der Waals surface area contributed by atoms with Crippen LogP contribution in [0.4, 0.5) is 0 Å². The molecule has 3 aliphatic carbocycles. The molecule has 0 unspecified atom stereocenters. The number of benzene rings is 3. The summed E-state index contributed by atoms with van der Waals surface area (Å²) in [5.41, 5.74) is -7.02. The maximum Gasteiger partial charge on any atom is 0.338 e. The number of ether oxygens (including phenoxy) is 5. The van der Waals surface area contributed by atoms with Gasteiger partial charge in [-0.05, 0) is 61.2 Å². The standard InChI is InChI=1S/C47H51NO14.C26H52O2/c1-25-31(60-43(56)36(52)35(28-16-10-7-11-17-28)48-41(54)29-18-12-8-13-19-29)23-47(57)40(61-42(55)30-20-14-9-15-21-30)38-45(6,32(51)22-33-46(38,24-58-33)62-27(3)50)39(53)37(59-26(2)49)34(25)44(47,4)5;1-2-3-4-5-6-7-8-9-10-11-12-13-14-15-16-17-18-19-20-21-22-23-24-25-26(27)28/h7-21,31-33,35-38,40,51-52,57H,22-24H2,1-6H3,(H,48,54);2-25H2,1H3,(H,27,28)/t31-,32-,33+,35-,36+,37+,38-,40-,45+,46-,47+;/m0./s1. The Hall–Kier alpha value is -6.27. The average molecular weight is 1250 g/mol. The molecule has 90 heavy (non-hydrogen) atoms. The second-order valence-electron chi connectivity index (χ2n) is 26.3. The number of unbranched alkanes of at least 4 members (excludes halogenated alkanes) is 22. The van der Waals surface area contributed by atoms with Gasteiger partial charge in [0.1, 0.15) is 23.9 Å². The predicted molar refractivity (Wildman–Crippen MR) is 342 cm³/mol. The van der Waals surface area contributed by atoms with Crippen LogP contribution in [0.25, 0.3) is 0 Å². The Morgan fingerprint density at radius 1 is 0.644 bits per heavy atom. The molecule has 0 radical (unpaired) electrons. The zero-order chi connectivity index (χ0) is 65.5. The Kier molecular flexibility index (Phi) is 28.3. The maximum atomic E-state index is 15.5. The molecule has 0 aromatic heterocycles. The molecule has 4 aliphatic rings. The number of rotatable bonds is 34. The number of fused-ring (bicyclic) bond motifs is 5. The van der Waals surface area contributed by atoms with Crippen molar-refractivity contribution < 1.29 is 77.7 Å². The van der Waals surface area contributed by atoms with Crippen molar-refractivity contribution in [1.29, 1.82) is 0 Å². The summed E-state index contributed by atoms with van der Waals surface area (Å²) < 4.78 is 30.3. The largest absolute Gasteiger partial charge is 0.481 e. The van der Waals surface area contributed by atoms with Crippen LogP contribution in [0, 0.1) is 16.7 Å². The topological polar surface area (TPSA) is 259 Å². The predicted octanol–water partition coefficient (Wildman–Crippen LogP) is 13.2. The lowest BCUT2D eigenvalue weighted by atomic mass is 9.44. The average Bonchev–Trinajstić information content (AvgIpc) is 0.672. The lowest BCUT2D eigenvalue weighted by molar-refractivity contribution is -0.346. The van der Waals surface area contributed by atoms with Gasteiger partial charge >= 0.3 is 29.8 Å². The number of carbonyl (C=O) groups is 7. The second kappa shape index (κ2) is 35.0. The Bertz CT molecular complexity index is 2820. The Balaban J connectivity index is 0.000000389. The van der Waals surface area contributed by atoms with Crippen LogP contribution in [-0.2, 0) is 47.7 Å². The molecule has 5 N–H and O–H groups in total. The van der Waals surface area contributed by atoms with Crippen molar-refractivity contribution in [3.05, 3.63) is 119 Å². The van der Waals surface area contributed by atoms with Crippen molar-refractivity contribution in [1.82, 2.24) is 5.32 Å². The summed E-state index contributed by atoms with van der Waals surface area (Å²) in [5.74, 6) is -7.49. The fourth-order valence-electron chi connectivity index (χ4n) is 14.2. The third-order valence-corrected chi connectivity index (χ3v) is 19.5. The van der Waals surface area contributed by atoms with Gasteiger partial charge in [-0.15, -0.1) is 0 Å². The van der Waals surface area contributed by atoms with Crippen LogP contribution in [0.1, 0.15) is 248 Å². The number of amides is 1. The van der Waals surface area contributed by atoms with Gasteiger partial charge in [0.2, 0.25) is 0 Å². The number of aliphatic carboxylic acids is 1. The van der Waals surface area contributed by atoms with Gasteiger partial charge in [0, 0.05) is 44.1 Å². The van der Waals surface area contributed by atoms with E-state index in [-0.39, 0.29) is 35.3 Å². The molecular formula is C73H103NO16. The number of esters is 4. The maximum absolute atomic E-state index is 15.5. The van der Waals surface area contributed by atoms with E-state index in [4.69, 9.17) is 28.8 Å². The molecule has 11 atom stereocenters. The first kappa shape index (κ1) is 72.8. The van der Waals surface area contributed by atoms with Crippen molar-refractivity contribution in [3.63, 3.8) is 0 Å². The molecule has 3 aromatic carbocycles. The van der Waals surface area contributed by atoms with E-state index >= 15 is 4.79 Å². The monoisotopic (exact) mass is 1250 g/mol. The number of ketones is 1. The van der Waals surface area contributed by atoms with E-state index in [0.717, 1.165) is 26.7 Å². The molecule has 0 spiro atoms. The molecule has 496 valence electrons. The molecule has 2 saturated carbocycles. The fraction of sp³-hybridized carbons (Fsp3) is 0.630. The summed E-state index contributed by atoms with van der Waals surface area (Å²) in [6, 6.07) is 22.9. The summed E-state index contributed by atoms with van der Waals surface area (Å²) in [4.78, 5) is 93.9. The zero-order valence-corrected chi connectivity index (χ0v) is 54.6. The van der Waals surface area contributed by atoms with Gasteiger partial charge < -0.3 is 49.4 Å². The number of hydrogen-bond donors (Lipinski definition) is 5. The number of aliphatic hydroxyl groups excluding tert-OH is 2. The van der Waals surface area contributed by atoms with Gasteiger partial charge in [-0.1, -0.05) is 229 Å². The molecule has 3 aromatic rings. The zero-order valence-electron chi connectivity index (χ0n) is 54.6. The minimum absolute atomic E-state index is 0.00289. The van der Waals surface area contributed by atoms with Gasteiger partial charge in [-0.2, -0.15) is 0 Å². The number of carboxylic acids is 1. The Morgan fingerprint density at radius 3 is 1.56 bits per heavy atom. The summed E-state index contributed by atoms with van der Waals surface area (Å²) in [6.07, 6.45) is 21.5. The first-order chi connectivity index (χ1) is 43.0. The van der Waals surface area contributed by atoms with Crippen molar-refractivity contribution in [2.24, 2.45) is 16.7 Å². The molecule has 2 bridgehead atoms. The van der Waals surface area contributed by atoms with Crippen molar-refractivity contribution in [3.8, 4) is 0 Å². The van der Waals surface area contributed by atoms with Crippen LogP contribution in [0.5, 0.6) is 0 Å². The number of carbonyl (C=O) groups excluding carboxylic acids is 6. The quantitative estimate of drug-likeness (QED) is 0.0161. The molecule has 1 heterocycles. The molecule has 17 heteroatoms. The summed E-state index contributed by atoms with van der Waals surface area (Å²) >= 11 is 0. The lowest BCUT2D eigenvalue weighted by Crippen LogP contribution is -2.82. The van der Waals surface area contributed by atoms with E-state index in [9.17, 15) is 44.1 Å². The number of aliphatic hydroxyl groups is 3. The van der Waals surface area contributed by atoms with Crippen LogP contribution in [0.3, 0.4) is 0 Å². The summed E-state index contributed by atoms with van der Waals surface area (Å²) in [7, 11) is 0. The number of hydrogen-bond acceptors (Lipinski definition) is 15. The van der Waals surface area contributed by atoms with E-state index < -0.39 is 119 Å². The molecule has 17 nitrogen and oxygen atoms in total. The molecule has 1 saturated heterocycles. The molecule has 7 rings (SSSR count). The van der Waals surface area contributed by atoms with E-state index in [1.807, 2.05) is 0 Å². The second-order valence-corrected chi connectivity index (χ2v) is 26.3. The van der Waals surface area contributed by atoms with E-state index in [1.165, 1.54) is 161 Å². The molecule has 1 amide bonds. The van der Waals surface area contributed by atoms with Gasteiger partial charge in [0.25, 0.3) is 5.91 Å². The van der Waals surface area contributed by atoms with E-state index in [2.05, 4.69) is 12.2 Å². The Morgan fingerprint density at radius 2 is 1.11 bits per heavy atom. The van der Waals surface area contributed by atoms with Crippen LogP contribution < -0.4 is 5.32 Å². The third-order valence-electron chi connectivity index (χ3n) is 19.5. The smallest absolute Gasteiger partial charge is 0.338 e. The SMILES string of the molecule is CC(=O)O[C@H]1C(=O)[C@@]2(C)[C@H]([C@H](OC(=O)c3ccccc3)[C@]3(O)C[C@H](OC(=O)[C@H](O)[C@@H](NC(=O)c4ccccc4)c4ccccc4)C(C)=C1C3(C)C)[C@]1(OC(C)=O)CO[C@@H]1C[C@@H]2O.CCCCCCCCCCCCCCCCCCCCCCCCCC(=O)O. The first-order valence-corrected chi connectivity index (χ1v) is 33.5. The fourth-order valence-corrected chi connectivity index (χ4v) is 14.2. The normalized spacial score (nSPS) is 25.4. The van der Waals surface area contributed by atoms with Gasteiger partial charge in [0.05, 0.1) is 35.6 Å². The highest BCUT2D eigenvalue weighted by Gasteiger charge is 2.78. The highest BCUT2D eigenvalue weighted by Crippen LogP contribution is 2.64. The third kappa shape index (κ3) is 18.5. The van der Waals surface area contributed by atoms with Gasteiger partial charge in [0.15, 0.2) is 23.6 Å². The van der Waals surface area contributed by atoms with Crippen LogP contribution in [0.15, 0.2) is 102 Å². The van der Waals surface area contributed by atoms with Gasteiger partial charge in [-0.25, -0.2) is 9.59 Å². The highest BCUT2D eigenvalue weighted by atomic mass is 16.6. The van der Waals surface area contributed by atoms with Crippen molar-refractivity contribution in [2.75, 3.05) is 6.61 Å². The van der Waals surface area contributed by atoms with Crippen molar-refractivity contribution >= 4 is 41.5 Å². The number of nitrogens with one attached hydrogen (secondary N) is 1. The first-order valence-electron chi connectivity index (χ1n) is 33.5. The minimum Gasteiger partial charge on any atom is -0.481 e.